The zero-order chi connectivity index (χ0) is 57.1. The molecule has 5 fully saturated rings. The van der Waals surface area contributed by atoms with Crippen LogP contribution in [-0.2, 0) is 52.2 Å². The Morgan fingerprint density at radius 3 is 1.37 bits per heavy atom. The second-order valence-corrected chi connectivity index (χ2v) is 22.2. The van der Waals surface area contributed by atoms with Gasteiger partial charge in [0, 0.05) is 45.8 Å². The number of alkyl halides is 1. The predicted octanol–water partition coefficient (Wildman–Crippen LogP) is 4.00. The third-order valence-electron chi connectivity index (χ3n) is 9.62. The number of morpholine rings is 5. The summed E-state index contributed by atoms with van der Waals surface area (Å²) in [6, 6.07) is 6.21. The minimum Gasteiger partial charge on any atom is -0.444 e. The second kappa shape index (κ2) is 40.1. The Kier molecular flexibility index (Phi) is 39.0. The van der Waals surface area contributed by atoms with Gasteiger partial charge in [0.05, 0.1) is 146 Å². The summed E-state index contributed by atoms with van der Waals surface area (Å²) in [5.41, 5.74) is -1.53. The van der Waals surface area contributed by atoms with Crippen LogP contribution in [0, 0.1) is 58.7 Å². The van der Waals surface area contributed by atoms with E-state index in [4.69, 9.17) is 71.6 Å². The van der Waals surface area contributed by atoms with E-state index in [9.17, 15) is 22.8 Å². The fraction of sp³-hybridized carbons (Fsp3) is 0.800. The number of nitriles is 3. The summed E-state index contributed by atoms with van der Waals surface area (Å²) in [4.78, 5) is 42.0. The van der Waals surface area contributed by atoms with Gasteiger partial charge in [0.25, 0.3) is 10.1 Å². The SMILES string of the molecule is C#CCBr.C#CCN1CCO[C@H](CC#N)C1.CC(C)(C)OC(=O)N1CCO[C@H](CC#N)C1.CC(C)(C)OC(=O)N1CCO[C@H](CO)C1.CC(C)(C)OC(=O)N1CCO[C@H](COS(C)(=O)=O)C1.N#CC[C@@H]1CNCCO1.S. The van der Waals surface area contributed by atoms with Crippen LogP contribution >= 0.6 is 29.4 Å². The number of rotatable bonds is 8. The molecule has 0 aliphatic carbocycles. The average Bonchev–Trinajstić information content (AvgIpc) is 3.34. The van der Waals surface area contributed by atoms with Gasteiger partial charge < -0.3 is 63.0 Å². The maximum absolute atomic E-state index is 11.8. The van der Waals surface area contributed by atoms with E-state index in [1.165, 1.54) is 4.90 Å². The number of nitrogens with one attached hydrogen (secondary N) is 1. The first-order chi connectivity index (χ1) is 35.1. The van der Waals surface area contributed by atoms with Gasteiger partial charge in [-0.3, -0.25) is 9.08 Å². The molecule has 3 amide bonds. The highest BCUT2D eigenvalue weighted by atomic mass is 79.9. The Balaban J connectivity index is 0. The summed E-state index contributed by atoms with van der Waals surface area (Å²) in [6.45, 7) is 25.5. The van der Waals surface area contributed by atoms with Gasteiger partial charge in [-0.05, 0) is 62.3 Å². The van der Waals surface area contributed by atoms with Crippen LogP contribution < -0.4 is 5.32 Å². The van der Waals surface area contributed by atoms with Gasteiger partial charge in [-0.2, -0.15) is 37.7 Å². The summed E-state index contributed by atoms with van der Waals surface area (Å²) in [5, 5.41) is 38.0. The second-order valence-electron chi connectivity index (χ2n) is 20.0. The lowest BCUT2D eigenvalue weighted by Crippen LogP contribution is -2.48. The molecule has 5 saturated heterocycles. The molecule has 23 nitrogen and oxygen atoms in total. The molecular weight excluding hydrogens is 1100 g/mol. The standard InChI is InChI=1S/C11H18N2O3.C11H21NO6S.C10H19NO4.C9H12N2O.C6H10N2O.C3H3Br.H2S/c1-11(2,3)16-10(14)13-6-7-15-9(8-13)4-5-12;1-11(2,3)18-10(13)12-5-6-16-9(7-12)8-17-19(4,14)15;1-10(2,3)15-9(13)11-4-5-14-8(6-11)7-12;1-2-5-11-6-7-12-9(8-11)3-4-10;7-2-1-6-5-8-3-4-9-6;1-2-3-4;/h9H,4,6-8H2,1-3H3;9H,5-8H2,1-4H3;8,12H,4-7H2,1-3H3;1,9H,3,5-8H2;6,8H,1,3-5H2;1H,3H2;1H2/t2*9-;8-;9-;6-;;/m10011../s1. The van der Waals surface area contributed by atoms with Gasteiger partial charge in [-0.25, -0.2) is 14.4 Å². The number of carbonyl (C=O) groups excluding carboxylic acids is 3. The molecule has 5 heterocycles. The molecule has 5 atom stereocenters. The van der Waals surface area contributed by atoms with Crippen molar-refractivity contribution in [2.24, 2.45) is 0 Å². The normalized spacial score (nSPS) is 21.6. The molecule has 0 aromatic carbocycles. The Labute approximate surface area is 468 Å². The largest absolute Gasteiger partial charge is 0.444 e. The molecule has 5 aliphatic heterocycles. The van der Waals surface area contributed by atoms with Crippen molar-refractivity contribution in [3.63, 3.8) is 0 Å². The highest BCUT2D eigenvalue weighted by Crippen LogP contribution is 2.16. The minimum absolute atomic E-state index is 0. The third kappa shape index (κ3) is 39.2. The van der Waals surface area contributed by atoms with E-state index >= 15 is 0 Å². The zero-order valence-electron chi connectivity index (χ0n) is 46.2. The molecule has 0 saturated carbocycles. The van der Waals surface area contributed by atoms with Crippen molar-refractivity contribution in [1.82, 2.24) is 24.9 Å². The first kappa shape index (κ1) is 73.9. The number of ether oxygens (including phenoxy) is 8. The Morgan fingerprint density at radius 1 is 0.632 bits per heavy atom. The van der Waals surface area contributed by atoms with Crippen molar-refractivity contribution in [3.8, 4) is 42.9 Å². The van der Waals surface area contributed by atoms with E-state index in [1.54, 1.807) is 30.6 Å². The molecule has 26 heteroatoms. The number of aliphatic hydroxyl groups is 1. The van der Waals surface area contributed by atoms with Crippen molar-refractivity contribution in [1.29, 1.82) is 15.8 Å². The Hall–Kier alpha value is -4.18. The average molecular weight is 1180 g/mol. The number of aliphatic hydroxyl groups excluding tert-OH is 1. The van der Waals surface area contributed by atoms with E-state index in [-0.39, 0.29) is 69.9 Å². The summed E-state index contributed by atoms with van der Waals surface area (Å²) < 4.78 is 68.7. The van der Waals surface area contributed by atoms with Crippen LogP contribution in [0.5, 0.6) is 0 Å². The lowest BCUT2D eigenvalue weighted by Gasteiger charge is -2.33. The van der Waals surface area contributed by atoms with Crippen molar-refractivity contribution >= 4 is 57.8 Å². The summed E-state index contributed by atoms with van der Waals surface area (Å²) in [6.07, 6.45) is 10.3. The van der Waals surface area contributed by atoms with Gasteiger partial charge in [0.2, 0.25) is 0 Å². The van der Waals surface area contributed by atoms with Gasteiger partial charge in [0.1, 0.15) is 22.9 Å². The number of carbonyl (C=O) groups is 3. The molecule has 0 spiro atoms. The Morgan fingerprint density at radius 2 is 1.00 bits per heavy atom. The van der Waals surface area contributed by atoms with Crippen LogP contribution in [0.1, 0.15) is 81.6 Å². The number of halogens is 1. The molecule has 5 aliphatic rings. The molecule has 434 valence electrons. The van der Waals surface area contributed by atoms with Crippen molar-refractivity contribution in [2.45, 2.75) is 129 Å². The number of hydrogen-bond acceptors (Lipinski definition) is 20. The van der Waals surface area contributed by atoms with Crippen LogP contribution in [0.2, 0.25) is 0 Å². The molecule has 0 aromatic rings. The fourth-order valence-corrected chi connectivity index (χ4v) is 6.80. The minimum atomic E-state index is -3.50. The van der Waals surface area contributed by atoms with E-state index < -0.39 is 39.1 Å². The quantitative estimate of drug-likeness (QED) is 0.150. The van der Waals surface area contributed by atoms with Crippen molar-refractivity contribution < 1.29 is 70.0 Å². The highest BCUT2D eigenvalue weighted by Gasteiger charge is 2.31. The molecular formula is C50H85BrN8O15S2. The van der Waals surface area contributed by atoms with Crippen molar-refractivity contribution in [2.75, 3.05) is 130 Å². The summed E-state index contributed by atoms with van der Waals surface area (Å²) in [7, 11) is -3.50. The van der Waals surface area contributed by atoms with Gasteiger partial charge >= 0.3 is 18.3 Å². The molecule has 0 aromatic heterocycles. The number of amides is 3. The van der Waals surface area contributed by atoms with Gasteiger partial charge in [0.15, 0.2) is 0 Å². The monoisotopic (exact) mass is 1180 g/mol. The highest BCUT2D eigenvalue weighted by molar-refractivity contribution is 9.09. The number of terminal acetylenes is 2. The van der Waals surface area contributed by atoms with Gasteiger partial charge in [-0.15, -0.1) is 12.8 Å². The van der Waals surface area contributed by atoms with Gasteiger partial charge in [-0.1, -0.05) is 27.8 Å². The molecule has 2 N–H and O–H groups in total. The van der Waals surface area contributed by atoms with Crippen LogP contribution in [0.4, 0.5) is 14.4 Å². The lowest BCUT2D eigenvalue weighted by molar-refractivity contribution is -0.0593. The summed E-state index contributed by atoms with van der Waals surface area (Å²) >= 11 is 3.01. The molecule has 0 bridgehead atoms. The third-order valence-corrected chi connectivity index (χ3v) is 10.5. The van der Waals surface area contributed by atoms with E-state index in [1.807, 2.05) is 47.6 Å². The first-order valence-corrected chi connectivity index (χ1v) is 27.5. The zero-order valence-corrected chi connectivity index (χ0v) is 49.6. The first-order valence-electron chi connectivity index (χ1n) is 24.6. The van der Waals surface area contributed by atoms with E-state index in [0.717, 1.165) is 39.0 Å². The maximum Gasteiger partial charge on any atom is 0.410 e. The summed E-state index contributed by atoms with van der Waals surface area (Å²) in [5.74, 6) is 4.93. The molecule has 76 heavy (non-hydrogen) atoms. The van der Waals surface area contributed by atoms with Crippen molar-refractivity contribution in [3.05, 3.63) is 0 Å². The number of nitrogens with zero attached hydrogens (tertiary/aromatic N) is 7. The van der Waals surface area contributed by atoms with Crippen LogP contribution in [0.3, 0.4) is 0 Å². The number of hydrogen-bond donors (Lipinski definition) is 2. The van der Waals surface area contributed by atoms with E-state index in [0.29, 0.717) is 90.3 Å². The topological polar surface area (TPSA) is 285 Å². The van der Waals surface area contributed by atoms with Crippen LogP contribution in [0.25, 0.3) is 0 Å². The fourth-order valence-electron chi connectivity index (χ4n) is 6.40. The Bertz CT molecular complexity index is 1960. The van der Waals surface area contributed by atoms with Crippen LogP contribution in [0.15, 0.2) is 0 Å². The maximum atomic E-state index is 11.8. The molecule has 0 unspecified atom stereocenters. The smallest absolute Gasteiger partial charge is 0.410 e. The molecule has 0 radical (unpaired) electrons. The molecule has 5 rings (SSSR count). The van der Waals surface area contributed by atoms with E-state index in [2.05, 4.69) is 54.3 Å². The predicted molar refractivity (Wildman–Crippen MR) is 292 cm³/mol. The lowest BCUT2D eigenvalue weighted by atomic mass is 10.2. The van der Waals surface area contributed by atoms with Crippen LogP contribution in [-0.4, -0.2) is 229 Å².